The lowest BCUT2D eigenvalue weighted by atomic mass is 9.83. The summed E-state index contributed by atoms with van der Waals surface area (Å²) < 4.78 is 13.7. The van der Waals surface area contributed by atoms with E-state index in [4.69, 9.17) is 14.5 Å². The van der Waals surface area contributed by atoms with Crippen molar-refractivity contribution in [2.24, 2.45) is 4.99 Å². The second-order valence-electron chi connectivity index (χ2n) is 9.02. The number of hydrogen-bond donors (Lipinski definition) is 1. The fraction of sp³-hybridized carbons (Fsp3) is 0.200. The van der Waals surface area contributed by atoms with Gasteiger partial charge in [0.2, 0.25) is 0 Å². The fourth-order valence-corrected chi connectivity index (χ4v) is 6.24. The zero-order valence-electron chi connectivity index (χ0n) is 20.6. The lowest BCUT2D eigenvalue weighted by Crippen LogP contribution is -2.39. The van der Waals surface area contributed by atoms with Gasteiger partial charge in [-0.15, -0.1) is 0 Å². The van der Waals surface area contributed by atoms with Crippen molar-refractivity contribution in [2.75, 3.05) is 13.7 Å². The summed E-state index contributed by atoms with van der Waals surface area (Å²) in [5.74, 6) is 1.21. The van der Waals surface area contributed by atoms with Gasteiger partial charge in [-0.1, -0.05) is 59.9 Å². The van der Waals surface area contributed by atoms with Crippen LogP contribution in [0, 0.1) is 0 Å². The summed E-state index contributed by atoms with van der Waals surface area (Å²) in [5, 5.41) is 10.1. The first-order valence-electron chi connectivity index (χ1n) is 12.3. The lowest BCUT2D eigenvalue weighted by Gasteiger charge is -2.31. The first kappa shape index (κ1) is 23.3. The van der Waals surface area contributed by atoms with Crippen LogP contribution < -0.4 is 24.4 Å². The van der Waals surface area contributed by atoms with Gasteiger partial charge in [-0.05, 0) is 60.7 Å². The van der Waals surface area contributed by atoms with E-state index in [1.807, 2.05) is 47.9 Å². The van der Waals surface area contributed by atoms with Gasteiger partial charge in [-0.25, -0.2) is 4.99 Å². The van der Waals surface area contributed by atoms with Crippen molar-refractivity contribution in [2.45, 2.75) is 25.8 Å². The summed E-state index contributed by atoms with van der Waals surface area (Å²) in [7, 11) is 1.66. The average Bonchev–Trinajstić information content (AvgIpc) is 3.23. The number of para-hydroxylation sites is 1. The maximum Gasteiger partial charge on any atom is 0.271 e. The summed E-state index contributed by atoms with van der Waals surface area (Å²) in [6.45, 7) is 2.30. The Balaban J connectivity index is 1.60. The fourth-order valence-electron chi connectivity index (χ4n) is 5.23. The molecule has 1 atom stereocenters. The smallest absolute Gasteiger partial charge is 0.271 e. The number of methoxy groups -OCH3 is 1. The molecule has 4 aromatic rings. The summed E-state index contributed by atoms with van der Waals surface area (Å²) in [6, 6.07) is 21.1. The van der Waals surface area contributed by atoms with Crippen molar-refractivity contribution < 1.29 is 14.6 Å². The van der Waals surface area contributed by atoms with E-state index in [0.29, 0.717) is 21.7 Å². The van der Waals surface area contributed by atoms with Gasteiger partial charge >= 0.3 is 0 Å². The molecule has 6 rings (SSSR count). The first-order valence-corrected chi connectivity index (χ1v) is 13.1. The number of fused-ring (bicyclic) bond motifs is 3. The topological polar surface area (TPSA) is 73.0 Å². The molecule has 186 valence electrons. The zero-order valence-corrected chi connectivity index (χ0v) is 21.4. The largest absolute Gasteiger partial charge is 0.504 e. The van der Waals surface area contributed by atoms with Crippen LogP contribution in [0.15, 0.2) is 82.1 Å². The number of ether oxygens (including phenoxy) is 2. The standard InChI is InChI=1S/C30H26N2O4S/c1-3-36-25-16-18(12-15-23(25)33)17-26-29(34)32-28(21-10-6-7-11-24(21)35-2)22-14-13-19-8-4-5-9-20(19)27(22)31-30(32)37-26/h4-12,15-17,28,33H,3,13-14H2,1-2H3/b26-17-/t28-/m0/s1. The Morgan fingerprint density at radius 3 is 2.73 bits per heavy atom. The summed E-state index contributed by atoms with van der Waals surface area (Å²) in [6.07, 6.45) is 3.55. The molecule has 0 saturated heterocycles. The number of nitrogens with zero attached hydrogens (tertiary/aromatic N) is 2. The van der Waals surface area contributed by atoms with E-state index >= 15 is 0 Å². The van der Waals surface area contributed by atoms with Crippen molar-refractivity contribution in [3.05, 3.63) is 114 Å². The molecule has 0 saturated carbocycles. The van der Waals surface area contributed by atoms with Crippen LogP contribution in [0.1, 0.15) is 41.6 Å². The number of allylic oxidation sites excluding steroid dienone is 1. The molecule has 1 aliphatic carbocycles. The molecule has 2 heterocycles. The van der Waals surface area contributed by atoms with Gasteiger partial charge in [-0.3, -0.25) is 9.36 Å². The number of phenolic OH excluding ortho intramolecular Hbond substituents is 1. The van der Waals surface area contributed by atoms with Crippen LogP contribution in [-0.4, -0.2) is 23.4 Å². The second-order valence-corrected chi connectivity index (χ2v) is 10.0. The lowest BCUT2D eigenvalue weighted by molar-refractivity contribution is 0.318. The molecule has 1 aliphatic heterocycles. The molecule has 6 nitrogen and oxygen atoms in total. The van der Waals surface area contributed by atoms with Gasteiger partial charge in [0.15, 0.2) is 16.3 Å². The van der Waals surface area contributed by atoms with Crippen LogP contribution in [0.2, 0.25) is 0 Å². The number of phenols is 1. The number of aromatic nitrogens is 1. The SMILES string of the molecule is CCOc1cc(/C=c2\sc3n(c2=O)[C@@H](c2ccccc2OC)C2=C(N=3)c3ccccc3CC2)ccc1O. The van der Waals surface area contributed by atoms with Gasteiger partial charge in [-0.2, -0.15) is 0 Å². The molecule has 2 aliphatic rings. The average molecular weight is 511 g/mol. The van der Waals surface area contributed by atoms with Gasteiger partial charge < -0.3 is 14.6 Å². The molecule has 0 bridgehead atoms. The van der Waals surface area contributed by atoms with Crippen molar-refractivity contribution in [3.63, 3.8) is 0 Å². The predicted molar refractivity (Wildman–Crippen MR) is 145 cm³/mol. The molecule has 1 aromatic heterocycles. The van der Waals surface area contributed by atoms with Crippen molar-refractivity contribution >= 4 is 23.1 Å². The molecule has 0 amide bonds. The van der Waals surface area contributed by atoms with Crippen LogP contribution >= 0.6 is 11.3 Å². The predicted octanol–water partition coefficient (Wildman–Crippen LogP) is 4.43. The maximum absolute atomic E-state index is 13.9. The first-order chi connectivity index (χ1) is 18.1. The van der Waals surface area contributed by atoms with Gasteiger partial charge in [0.25, 0.3) is 5.56 Å². The Kier molecular flexibility index (Phi) is 5.93. The summed E-state index contributed by atoms with van der Waals surface area (Å²) in [4.78, 5) is 19.7. The van der Waals surface area contributed by atoms with Crippen LogP contribution in [0.3, 0.4) is 0 Å². The van der Waals surface area contributed by atoms with E-state index < -0.39 is 0 Å². The number of aromatic hydroxyl groups is 1. The molecular formula is C30H26N2O4S. The molecular weight excluding hydrogens is 484 g/mol. The third-order valence-corrected chi connectivity index (χ3v) is 7.87. The molecule has 37 heavy (non-hydrogen) atoms. The number of aryl methyl sites for hydroxylation is 1. The van der Waals surface area contributed by atoms with E-state index in [2.05, 4.69) is 18.2 Å². The monoisotopic (exact) mass is 510 g/mol. The number of thiazole rings is 1. The second kappa shape index (κ2) is 9.41. The van der Waals surface area contributed by atoms with Gasteiger partial charge in [0.05, 0.1) is 30.0 Å². The van der Waals surface area contributed by atoms with Crippen LogP contribution in [0.4, 0.5) is 0 Å². The summed E-state index contributed by atoms with van der Waals surface area (Å²) in [5.41, 5.74) is 6.10. The molecule has 1 N–H and O–H groups in total. The van der Waals surface area contributed by atoms with Crippen LogP contribution in [-0.2, 0) is 6.42 Å². The molecule has 0 fully saturated rings. The minimum atomic E-state index is -0.309. The van der Waals surface area contributed by atoms with Crippen molar-refractivity contribution in [1.29, 1.82) is 0 Å². The van der Waals surface area contributed by atoms with Crippen molar-refractivity contribution in [1.82, 2.24) is 4.57 Å². The van der Waals surface area contributed by atoms with Crippen LogP contribution in [0.25, 0.3) is 11.8 Å². The maximum atomic E-state index is 13.9. The molecule has 0 unspecified atom stereocenters. The van der Waals surface area contributed by atoms with Gasteiger partial charge in [0.1, 0.15) is 5.75 Å². The Labute approximate surface area is 218 Å². The van der Waals surface area contributed by atoms with E-state index in [-0.39, 0.29) is 17.4 Å². The Hall–Kier alpha value is -4.10. The van der Waals surface area contributed by atoms with Gasteiger partial charge in [0, 0.05) is 11.1 Å². The number of benzene rings is 3. The highest BCUT2D eigenvalue weighted by Crippen LogP contribution is 2.43. The normalized spacial score (nSPS) is 16.5. The Morgan fingerprint density at radius 1 is 1.08 bits per heavy atom. The highest BCUT2D eigenvalue weighted by Gasteiger charge is 2.33. The minimum Gasteiger partial charge on any atom is -0.504 e. The third kappa shape index (κ3) is 3.96. The minimum absolute atomic E-state index is 0.0722. The van der Waals surface area contributed by atoms with E-state index in [9.17, 15) is 9.90 Å². The molecule has 0 spiro atoms. The molecule has 0 radical (unpaired) electrons. The van der Waals surface area contributed by atoms with E-state index in [1.165, 1.54) is 16.9 Å². The van der Waals surface area contributed by atoms with E-state index in [1.54, 1.807) is 25.3 Å². The van der Waals surface area contributed by atoms with Crippen molar-refractivity contribution in [3.8, 4) is 17.2 Å². The van der Waals surface area contributed by atoms with Crippen LogP contribution in [0.5, 0.6) is 17.2 Å². The third-order valence-electron chi connectivity index (χ3n) is 6.89. The zero-order chi connectivity index (χ0) is 25.5. The number of rotatable bonds is 5. The Morgan fingerprint density at radius 2 is 1.89 bits per heavy atom. The summed E-state index contributed by atoms with van der Waals surface area (Å²) >= 11 is 1.37. The quantitative estimate of drug-likeness (QED) is 0.431. The molecule has 3 aromatic carbocycles. The molecule has 7 heteroatoms. The highest BCUT2D eigenvalue weighted by atomic mass is 32.1. The van der Waals surface area contributed by atoms with E-state index in [0.717, 1.165) is 46.6 Å². The highest BCUT2D eigenvalue weighted by molar-refractivity contribution is 7.07. The Bertz CT molecular complexity index is 1730. The number of hydrogen-bond acceptors (Lipinski definition) is 6.